The Hall–Kier alpha value is -1.66. The first-order valence-electron chi connectivity index (χ1n) is 7.64. The van der Waals surface area contributed by atoms with Crippen molar-refractivity contribution in [3.8, 4) is 0 Å². The van der Waals surface area contributed by atoms with Gasteiger partial charge in [0, 0.05) is 31.6 Å². The van der Waals surface area contributed by atoms with Gasteiger partial charge in [-0.05, 0) is 30.9 Å². The smallest absolute Gasteiger partial charge is 0.273 e. The molecule has 0 spiro atoms. The van der Waals surface area contributed by atoms with Crippen LogP contribution < -0.4 is 0 Å². The van der Waals surface area contributed by atoms with E-state index in [0.29, 0.717) is 17.5 Å². The number of amides is 1. The number of furan rings is 1. The summed E-state index contributed by atoms with van der Waals surface area (Å²) in [6.45, 7) is 6.66. The fourth-order valence-corrected chi connectivity index (χ4v) is 4.18. The number of carbonyl (C=O) groups is 1. The average Bonchev–Trinajstić information content (AvgIpc) is 3.21. The van der Waals surface area contributed by atoms with Gasteiger partial charge in [0.25, 0.3) is 5.91 Å². The maximum Gasteiger partial charge on any atom is 0.273 e. The van der Waals surface area contributed by atoms with Gasteiger partial charge in [-0.15, -0.1) is 11.3 Å². The van der Waals surface area contributed by atoms with Crippen molar-refractivity contribution in [2.75, 3.05) is 26.2 Å². The fourth-order valence-electron chi connectivity index (χ4n) is 3.66. The largest absolute Gasteiger partial charge is 0.465 e. The molecule has 4 rings (SSSR count). The van der Waals surface area contributed by atoms with Gasteiger partial charge in [-0.3, -0.25) is 9.69 Å². The minimum Gasteiger partial charge on any atom is -0.465 e. The lowest BCUT2D eigenvalue weighted by molar-refractivity contribution is 0.0767. The van der Waals surface area contributed by atoms with E-state index in [0.717, 1.165) is 44.2 Å². The third-order valence-electron chi connectivity index (χ3n) is 4.68. The SMILES string of the molecule is Cc1ccc(CN2C[C@@H]3CN(C(=O)c4cscn4)C[C@@H]3C2)o1. The molecule has 4 heterocycles. The summed E-state index contributed by atoms with van der Waals surface area (Å²) in [6.07, 6.45) is 0. The molecule has 0 unspecified atom stereocenters. The maximum atomic E-state index is 12.4. The molecule has 116 valence electrons. The summed E-state index contributed by atoms with van der Waals surface area (Å²) in [5.74, 6) is 3.25. The first-order valence-corrected chi connectivity index (χ1v) is 8.58. The Labute approximate surface area is 133 Å². The Morgan fingerprint density at radius 3 is 2.68 bits per heavy atom. The van der Waals surface area contributed by atoms with E-state index in [4.69, 9.17) is 4.42 Å². The van der Waals surface area contributed by atoms with Crippen LogP contribution in [0.5, 0.6) is 0 Å². The summed E-state index contributed by atoms with van der Waals surface area (Å²) in [4.78, 5) is 20.9. The second kappa shape index (κ2) is 5.52. The van der Waals surface area contributed by atoms with Crippen LogP contribution in [0, 0.1) is 18.8 Å². The van der Waals surface area contributed by atoms with Gasteiger partial charge in [-0.1, -0.05) is 0 Å². The highest BCUT2D eigenvalue weighted by atomic mass is 32.1. The van der Waals surface area contributed by atoms with E-state index < -0.39 is 0 Å². The maximum absolute atomic E-state index is 12.4. The molecule has 2 fully saturated rings. The number of thiazole rings is 1. The number of hydrogen-bond acceptors (Lipinski definition) is 5. The summed E-state index contributed by atoms with van der Waals surface area (Å²) >= 11 is 1.47. The first-order chi connectivity index (χ1) is 10.7. The van der Waals surface area contributed by atoms with Gasteiger partial charge in [0.1, 0.15) is 17.2 Å². The van der Waals surface area contributed by atoms with E-state index in [1.165, 1.54) is 11.3 Å². The second-order valence-corrected chi connectivity index (χ2v) is 7.03. The normalized spacial score (nSPS) is 24.9. The molecule has 2 aromatic rings. The zero-order valence-electron chi connectivity index (χ0n) is 12.6. The molecule has 0 aromatic carbocycles. The number of hydrogen-bond donors (Lipinski definition) is 0. The summed E-state index contributed by atoms with van der Waals surface area (Å²) in [6, 6.07) is 4.07. The highest BCUT2D eigenvalue weighted by Gasteiger charge is 2.42. The van der Waals surface area contributed by atoms with Crippen molar-refractivity contribution < 1.29 is 9.21 Å². The highest BCUT2D eigenvalue weighted by molar-refractivity contribution is 7.07. The van der Waals surface area contributed by atoms with Crippen LogP contribution in [0.3, 0.4) is 0 Å². The predicted octanol–water partition coefficient (Wildman–Crippen LogP) is 2.25. The van der Waals surface area contributed by atoms with E-state index >= 15 is 0 Å². The van der Waals surface area contributed by atoms with Crippen LogP contribution in [-0.2, 0) is 6.54 Å². The molecule has 22 heavy (non-hydrogen) atoms. The zero-order valence-corrected chi connectivity index (χ0v) is 13.4. The van der Waals surface area contributed by atoms with E-state index in [2.05, 4.69) is 16.0 Å². The van der Waals surface area contributed by atoms with Crippen LogP contribution in [0.25, 0.3) is 0 Å². The van der Waals surface area contributed by atoms with Crippen molar-refractivity contribution in [2.45, 2.75) is 13.5 Å². The standard InChI is InChI=1S/C16H19N3O2S/c1-11-2-3-14(21-11)8-18-4-12-6-19(7-13(12)5-18)16(20)15-9-22-10-17-15/h2-3,9-10,12-13H,4-8H2,1H3/t12-,13+. The van der Waals surface area contributed by atoms with Gasteiger partial charge in [0.05, 0.1) is 12.1 Å². The van der Waals surface area contributed by atoms with Gasteiger partial charge in [-0.2, -0.15) is 0 Å². The molecule has 5 nitrogen and oxygen atoms in total. The predicted molar refractivity (Wildman–Crippen MR) is 83.7 cm³/mol. The zero-order chi connectivity index (χ0) is 15.1. The lowest BCUT2D eigenvalue weighted by Crippen LogP contribution is -2.33. The molecule has 1 amide bonds. The highest BCUT2D eigenvalue weighted by Crippen LogP contribution is 2.32. The monoisotopic (exact) mass is 317 g/mol. The van der Waals surface area contributed by atoms with Crippen molar-refractivity contribution in [3.63, 3.8) is 0 Å². The molecule has 2 atom stereocenters. The van der Waals surface area contributed by atoms with Crippen molar-refractivity contribution in [1.29, 1.82) is 0 Å². The minimum absolute atomic E-state index is 0.0869. The third kappa shape index (κ3) is 2.57. The lowest BCUT2D eigenvalue weighted by atomic mass is 10.0. The number of aryl methyl sites for hydroxylation is 1. The second-order valence-electron chi connectivity index (χ2n) is 6.31. The van der Waals surface area contributed by atoms with Gasteiger partial charge in [-0.25, -0.2) is 4.98 Å². The van der Waals surface area contributed by atoms with Crippen molar-refractivity contribution >= 4 is 17.2 Å². The minimum atomic E-state index is 0.0869. The van der Waals surface area contributed by atoms with Crippen molar-refractivity contribution in [2.24, 2.45) is 11.8 Å². The topological polar surface area (TPSA) is 49.6 Å². The molecular weight excluding hydrogens is 298 g/mol. The molecule has 0 aliphatic carbocycles. The van der Waals surface area contributed by atoms with Gasteiger partial charge < -0.3 is 9.32 Å². The molecule has 0 radical (unpaired) electrons. The summed E-state index contributed by atoms with van der Waals surface area (Å²) in [5.41, 5.74) is 2.31. The number of nitrogens with zero attached hydrogens (tertiary/aromatic N) is 3. The molecule has 2 saturated heterocycles. The molecule has 2 aliphatic heterocycles. The van der Waals surface area contributed by atoms with E-state index in [1.54, 1.807) is 5.51 Å². The first kappa shape index (κ1) is 14.0. The van der Waals surface area contributed by atoms with Crippen LogP contribution in [0.15, 0.2) is 27.4 Å². The van der Waals surface area contributed by atoms with Gasteiger partial charge >= 0.3 is 0 Å². The number of rotatable bonds is 3. The van der Waals surface area contributed by atoms with Crippen LogP contribution >= 0.6 is 11.3 Å². The molecule has 0 saturated carbocycles. The molecule has 2 aromatic heterocycles. The lowest BCUT2D eigenvalue weighted by Gasteiger charge is -2.20. The number of carbonyl (C=O) groups excluding carboxylic acids is 1. The number of fused-ring (bicyclic) bond motifs is 1. The average molecular weight is 317 g/mol. The van der Waals surface area contributed by atoms with Gasteiger partial charge in [0.2, 0.25) is 0 Å². The molecular formula is C16H19N3O2S. The molecule has 0 N–H and O–H groups in total. The number of likely N-dealkylation sites (tertiary alicyclic amines) is 2. The van der Waals surface area contributed by atoms with Crippen LogP contribution in [-0.4, -0.2) is 46.9 Å². The quantitative estimate of drug-likeness (QED) is 0.871. The van der Waals surface area contributed by atoms with E-state index in [1.807, 2.05) is 23.3 Å². The molecule has 2 aliphatic rings. The Morgan fingerprint density at radius 2 is 2.09 bits per heavy atom. The Kier molecular flexibility index (Phi) is 3.50. The molecule has 6 heteroatoms. The Morgan fingerprint density at radius 1 is 1.32 bits per heavy atom. The number of aromatic nitrogens is 1. The third-order valence-corrected chi connectivity index (χ3v) is 5.26. The van der Waals surface area contributed by atoms with E-state index in [9.17, 15) is 4.79 Å². The van der Waals surface area contributed by atoms with Crippen LogP contribution in [0.4, 0.5) is 0 Å². The summed E-state index contributed by atoms with van der Waals surface area (Å²) in [7, 11) is 0. The van der Waals surface area contributed by atoms with Crippen LogP contribution in [0.1, 0.15) is 22.0 Å². The van der Waals surface area contributed by atoms with Crippen molar-refractivity contribution in [3.05, 3.63) is 40.2 Å². The van der Waals surface area contributed by atoms with Crippen LogP contribution in [0.2, 0.25) is 0 Å². The van der Waals surface area contributed by atoms with Crippen molar-refractivity contribution in [1.82, 2.24) is 14.8 Å². The van der Waals surface area contributed by atoms with E-state index in [-0.39, 0.29) is 5.91 Å². The fraction of sp³-hybridized carbons (Fsp3) is 0.500. The molecule has 0 bridgehead atoms. The van der Waals surface area contributed by atoms with Gasteiger partial charge in [0.15, 0.2) is 0 Å². The Balaban J connectivity index is 1.35. The summed E-state index contributed by atoms with van der Waals surface area (Å²) < 4.78 is 5.66. The summed E-state index contributed by atoms with van der Waals surface area (Å²) in [5, 5.41) is 1.84. The Bertz CT molecular complexity index is 653.